The molecular formula is C55H44F9IO11S5. The van der Waals surface area contributed by atoms with Crippen LogP contribution in [0.15, 0.2) is 223 Å². The van der Waals surface area contributed by atoms with Crippen molar-refractivity contribution in [2.75, 3.05) is 0 Å². The van der Waals surface area contributed by atoms with E-state index in [-0.39, 0.29) is 43.0 Å². The maximum atomic E-state index is 10.7. The van der Waals surface area contributed by atoms with Crippen molar-refractivity contribution in [3.05, 3.63) is 224 Å². The molecule has 0 N–H and O–H groups in total. The van der Waals surface area contributed by atoms with Gasteiger partial charge in [0.2, 0.25) is 0 Å². The maximum Gasteiger partial charge on any atom is 0.485 e. The number of rotatable bonds is 12. The van der Waals surface area contributed by atoms with Crippen LogP contribution in [0.2, 0.25) is 0 Å². The van der Waals surface area contributed by atoms with E-state index in [2.05, 4.69) is 222 Å². The minimum absolute atomic E-state index is 0.203. The van der Waals surface area contributed by atoms with Gasteiger partial charge in [0, 0.05) is 22.3 Å². The number of hydrogen-bond donors (Lipinski definition) is 0. The highest BCUT2D eigenvalue weighted by molar-refractivity contribution is 7.97. The Hall–Kier alpha value is -6.11. The molecule has 0 heterocycles. The Morgan fingerprint density at radius 2 is 0.519 bits per heavy atom. The standard InChI is InChI=1S/C52H44IO2S2.3CHF3O3S/c1-37-13-5-9-17-49(37)56(50-18-10-6-14-38(50)2)47-33-29-45(30-34-47)54-43-25-21-41(22-26-43)53-42-23-27-44(28-24-42)55-46-31-35-48(36-32-46)57(51-19-11-7-15-39(51)3)52-20-12-8-16-40(52)4;3*2-1(3,4)8(5,6)7/h5-36H,1-4H3;3*(H,5,6,7)/q+3;;;/p-3. The predicted molar refractivity (Wildman–Crippen MR) is 280 cm³/mol. The molecule has 0 spiro atoms. The minimum atomic E-state index is -6.09. The molecule has 0 bridgehead atoms. The summed E-state index contributed by atoms with van der Waals surface area (Å²) in [5.41, 5.74) is -11.7. The third-order valence-electron chi connectivity index (χ3n) is 10.5. The van der Waals surface area contributed by atoms with Gasteiger partial charge in [0.1, 0.15) is 23.0 Å². The van der Waals surface area contributed by atoms with Crippen LogP contribution >= 0.6 is 0 Å². The normalized spacial score (nSPS) is 12.0. The van der Waals surface area contributed by atoms with Crippen molar-refractivity contribution < 1.29 is 109 Å². The largest absolute Gasteiger partial charge is 0.741 e. The summed E-state index contributed by atoms with van der Waals surface area (Å²) >= 11 is -0.353. The lowest BCUT2D eigenvalue weighted by molar-refractivity contribution is -0.597. The molecule has 430 valence electrons. The maximum absolute atomic E-state index is 10.7. The van der Waals surface area contributed by atoms with Crippen molar-refractivity contribution in [1.82, 2.24) is 0 Å². The third kappa shape index (κ3) is 19.2. The molecule has 0 fully saturated rings. The second-order valence-electron chi connectivity index (χ2n) is 16.5. The molecule has 0 aliphatic heterocycles. The van der Waals surface area contributed by atoms with E-state index < -0.39 is 46.9 Å². The van der Waals surface area contributed by atoms with Gasteiger partial charge in [0.15, 0.2) is 66.9 Å². The summed E-state index contributed by atoms with van der Waals surface area (Å²) in [6, 6.07) is 69.2. The van der Waals surface area contributed by atoms with E-state index in [0.29, 0.717) is 0 Å². The molecule has 8 aromatic carbocycles. The van der Waals surface area contributed by atoms with Gasteiger partial charge >= 0.3 is 37.7 Å². The zero-order valence-corrected chi connectivity index (χ0v) is 48.5. The Bertz CT molecular complexity index is 3350. The van der Waals surface area contributed by atoms with Crippen LogP contribution in [0, 0.1) is 34.8 Å². The Morgan fingerprint density at radius 3 is 0.704 bits per heavy atom. The van der Waals surface area contributed by atoms with Crippen LogP contribution in [0.5, 0.6) is 23.0 Å². The Kier molecular flexibility index (Phi) is 22.5. The van der Waals surface area contributed by atoms with Crippen molar-refractivity contribution in [1.29, 1.82) is 0 Å². The lowest BCUT2D eigenvalue weighted by Gasteiger charge is -2.12. The van der Waals surface area contributed by atoms with E-state index in [4.69, 9.17) is 48.4 Å². The molecule has 8 rings (SSSR count). The molecule has 0 aromatic heterocycles. The van der Waals surface area contributed by atoms with Crippen molar-refractivity contribution in [3.63, 3.8) is 0 Å². The molecule has 0 radical (unpaired) electrons. The first kappa shape index (κ1) is 65.7. The van der Waals surface area contributed by atoms with Gasteiger partial charge in [0.25, 0.3) is 0 Å². The first-order valence-electron chi connectivity index (χ1n) is 22.8. The van der Waals surface area contributed by atoms with E-state index >= 15 is 0 Å². The lowest BCUT2D eigenvalue weighted by atomic mass is 10.2. The van der Waals surface area contributed by atoms with E-state index in [1.54, 1.807) is 0 Å². The Balaban J connectivity index is 0.000000419. The fourth-order valence-corrected chi connectivity index (χ4v) is 13.6. The highest BCUT2D eigenvalue weighted by atomic mass is 127. The highest BCUT2D eigenvalue weighted by Crippen LogP contribution is 2.38. The summed E-state index contributed by atoms with van der Waals surface area (Å²) in [6.07, 6.45) is 0. The number of ether oxygens (including phenoxy) is 2. The molecule has 0 saturated heterocycles. The van der Waals surface area contributed by atoms with Crippen LogP contribution in [-0.2, 0) is 52.1 Å². The van der Waals surface area contributed by atoms with Gasteiger partial charge in [-0.25, -0.2) is 25.3 Å². The number of halogens is 10. The van der Waals surface area contributed by atoms with Crippen LogP contribution in [-0.4, -0.2) is 55.4 Å². The van der Waals surface area contributed by atoms with Crippen molar-refractivity contribution in [2.45, 2.75) is 73.6 Å². The molecule has 0 amide bonds. The minimum Gasteiger partial charge on any atom is -0.741 e. The van der Waals surface area contributed by atoms with Gasteiger partial charge in [-0.1, -0.05) is 72.8 Å². The molecule has 0 saturated carbocycles. The first-order valence-corrected chi connectivity index (χ1v) is 31.7. The van der Waals surface area contributed by atoms with Crippen molar-refractivity contribution in [3.8, 4) is 23.0 Å². The van der Waals surface area contributed by atoms with Gasteiger partial charge in [-0.2, -0.15) is 39.5 Å². The van der Waals surface area contributed by atoms with Crippen molar-refractivity contribution in [2.24, 2.45) is 0 Å². The van der Waals surface area contributed by atoms with Gasteiger partial charge in [-0.3, -0.25) is 0 Å². The summed E-state index contributed by atoms with van der Waals surface area (Å²) in [5.74, 6) is 3.35. The van der Waals surface area contributed by atoms with Gasteiger partial charge < -0.3 is 23.1 Å². The predicted octanol–water partition coefficient (Wildman–Crippen LogP) is 11.0. The average Bonchev–Trinajstić information content (AvgIpc) is 3.38. The number of benzene rings is 8. The zero-order valence-electron chi connectivity index (χ0n) is 42.3. The lowest BCUT2D eigenvalue weighted by Crippen LogP contribution is -3.61. The fourth-order valence-electron chi connectivity index (χ4n) is 6.70. The second-order valence-corrected chi connectivity index (χ2v) is 27.6. The Labute approximate surface area is 478 Å². The summed E-state index contributed by atoms with van der Waals surface area (Å²) in [5, 5.41) is 0. The zero-order chi connectivity index (χ0) is 60.1. The fraction of sp³-hybridized carbons (Fsp3) is 0.127. The third-order valence-corrected chi connectivity index (χ3v) is 20.0. The summed E-state index contributed by atoms with van der Waals surface area (Å²) in [6.45, 7) is 8.82. The summed E-state index contributed by atoms with van der Waals surface area (Å²) in [4.78, 5) is 7.98. The molecule has 0 unspecified atom stereocenters. The van der Waals surface area contributed by atoms with Crippen LogP contribution < -0.4 is 30.7 Å². The number of hydrogen-bond acceptors (Lipinski definition) is 11. The van der Waals surface area contributed by atoms with Gasteiger partial charge in [-0.15, -0.1) is 0 Å². The number of alkyl halides is 9. The van der Waals surface area contributed by atoms with Crippen LogP contribution in [0.1, 0.15) is 22.3 Å². The van der Waals surface area contributed by atoms with Gasteiger partial charge in [0.05, 0.1) is 21.8 Å². The summed E-state index contributed by atoms with van der Waals surface area (Å²) < 4.78 is 192. The quantitative estimate of drug-likeness (QED) is 0.0372. The average molecular weight is 1340 g/mol. The van der Waals surface area contributed by atoms with E-state index in [1.807, 2.05) is 0 Å². The van der Waals surface area contributed by atoms with Gasteiger partial charge in [-0.05, 0) is 149 Å². The molecule has 0 aliphatic rings. The molecule has 26 heteroatoms. The second kappa shape index (κ2) is 27.8. The first-order chi connectivity index (χ1) is 37.6. The van der Waals surface area contributed by atoms with Crippen LogP contribution in [0.4, 0.5) is 39.5 Å². The Morgan fingerprint density at radius 1 is 0.333 bits per heavy atom. The van der Waals surface area contributed by atoms with Crippen LogP contribution in [0.3, 0.4) is 0 Å². The number of aryl methyl sites for hydroxylation is 4. The topological polar surface area (TPSA) is 190 Å². The molecule has 0 atom stereocenters. The van der Waals surface area contributed by atoms with E-state index in [1.165, 1.54) is 58.8 Å². The smallest absolute Gasteiger partial charge is 0.485 e. The van der Waals surface area contributed by atoms with E-state index in [9.17, 15) is 39.5 Å². The summed E-state index contributed by atoms with van der Waals surface area (Å²) in [7, 11) is -18.7. The monoisotopic (exact) mass is 1340 g/mol. The SMILES string of the molecule is Cc1ccccc1[S+](c1ccc(Oc2ccc([I+]c3ccc(Oc4ccc([S+](c5ccccc5C)c5ccccc5C)cc4)cc3)cc2)cc1)c1ccccc1C.O=S(=O)([O-])C(F)(F)F.O=S(=O)([O-])C(F)(F)F.O=S(=O)([O-])C(F)(F)F. The molecule has 8 aromatic rings. The van der Waals surface area contributed by atoms with E-state index in [0.717, 1.165) is 23.0 Å². The molecule has 0 aliphatic carbocycles. The highest BCUT2D eigenvalue weighted by Gasteiger charge is 2.39. The van der Waals surface area contributed by atoms with Crippen LogP contribution in [0.25, 0.3) is 0 Å². The van der Waals surface area contributed by atoms with Crippen molar-refractivity contribution >= 4 is 52.1 Å². The molecular weight excluding hydrogens is 1290 g/mol. The molecule has 11 nitrogen and oxygen atoms in total. The molecule has 81 heavy (non-hydrogen) atoms.